The first-order valence-corrected chi connectivity index (χ1v) is 9.62. The third-order valence-corrected chi connectivity index (χ3v) is 6.75. The van der Waals surface area contributed by atoms with E-state index in [4.69, 9.17) is 0 Å². The lowest BCUT2D eigenvalue weighted by atomic mass is 9.94. The van der Waals surface area contributed by atoms with Gasteiger partial charge in [0.25, 0.3) is 0 Å². The number of thiophene rings is 2. The van der Waals surface area contributed by atoms with Gasteiger partial charge in [-0.3, -0.25) is 0 Å². The molecule has 4 heteroatoms. The third kappa shape index (κ3) is 3.06. The van der Waals surface area contributed by atoms with Gasteiger partial charge < -0.3 is 5.32 Å². The van der Waals surface area contributed by atoms with Crippen molar-refractivity contribution in [1.82, 2.24) is 5.32 Å². The summed E-state index contributed by atoms with van der Waals surface area (Å²) in [7, 11) is 0. The Morgan fingerprint density at radius 3 is 3.21 bits per heavy atom. The van der Waals surface area contributed by atoms with Crippen LogP contribution in [0.1, 0.15) is 46.7 Å². The normalized spacial score (nSPS) is 18.5. The van der Waals surface area contributed by atoms with Crippen LogP contribution in [0, 0.1) is 2.88 Å². The van der Waals surface area contributed by atoms with E-state index in [1.165, 1.54) is 32.6 Å². The minimum Gasteiger partial charge on any atom is -0.305 e. The average Bonchev–Trinajstić information content (AvgIpc) is 3.00. The molecular weight excluding hydrogens is 385 g/mol. The zero-order chi connectivity index (χ0) is 13.2. The molecule has 2 aromatic heterocycles. The number of hydrogen-bond donors (Lipinski definition) is 1. The van der Waals surface area contributed by atoms with Crippen molar-refractivity contribution in [1.29, 1.82) is 0 Å². The number of nitrogens with one attached hydrogen (secondary N) is 1. The number of hydrogen-bond acceptors (Lipinski definition) is 3. The van der Waals surface area contributed by atoms with E-state index in [0.29, 0.717) is 6.04 Å². The zero-order valence-electron chi connectivity index (χ0n) is 11.0. The summed E-state index contributed by atoms with van der Waals surface area (Å²) in [5.74, 6) is 0. The third-order valence-electron chi connectivity index (χ3n) is 3.81. The highest BCUT2D eigenvalue weighted by Crippen LogP contribution is 2.36. The van der Waals surface area contributed by atoms with E-state index >= 15 is 0 Å². The van der Waals surface area contributed by atoms with Gasteiger partial charge in [-0.05, 0) is 76.9 Å². The Balaban J connectivity index is 1.71. The van der Waals surface area contributed by atoms with Gasteiger partial charge in [-0.1, -0.05) is 6.92 Å². The first kappa shape index (κ1) is 14.0. The quantitative estimate of drug-likeness (QED) is 0.697. The number of halogens is 1. The maximum Gasteiger partial charge on any atom is 0.0659 e. The zero-order valence-corrected chi connectivity index (χ0v) is 14.8. The Bertz CT molecular complexity index is 558. The summed E-state index contributed by atoms with van der Waals surface area (Å²) < 4.78 is 1.43. The minimum absolute atomic E-state index is 0.565. The fourth-order valence-corrected chi connectivity index (χ4v) is 5.83. The molecule has 19 heavy (non-hydrogen) atoms. The van der Waals surface area contributed by atoms with Crippen LogP contribution in [-0.2, 0) is 19.4 Å². The molecule has 0 spiro atoms. The van der Waals surface area contributed by atoms with Gasteiger partial charge in [-0.2, -0.15) is 0 Å². The van der Waals surface area contributed by atoms with Crippen molar-refractivity contribution in [3.05, 3.63) is 41.3 Å². The summed E-state index contributed by atoms with van der Waals surface area (Å²) in [5, 5.41) is 6.00. The molecule has 0 aromatic carbocycles. The van der Waals surface area contributed by atoms with Crippen molar-refractivity contribution in [2.75, 3.05) is 0 Å². The van der Waals surface area contributed by atoms with Crippen molar-refractivity contribution in [3.8, 4) is 0 Å². The van der Waals surface area contributed by atoms with Gasteiger partial charge in [0.15, 0.2) is 0 Å². The van der Waals surface area contributed by atoms with E-state index in [9.17, 15) is 0 Å². The first-order valence-electron chi connectivity index (χ1n) is 6.84. The highest BCUT2D eigenvalue weighted by atomic mass is 127. The molecule has 2 heterocycles. The van der Waals surface area contributed by atoms with Crippen LogP contribution in [0.15, 0.2) is 17.5 Å². The largest absolute Gasteiger partial charge is 0.305 e. The first-order chi connectivity index (χ1) is 9.28. The Kier molecular flexibility index (Phi) is 4.62. The van der Waals surface area contributed by atoms with E-state index in [0.717, 1.165) is 13.0 Å². The molecule has 0 saturated heterocycles. The van der Waals surface area contributed by atoms with E-state index in [-0.39, 0.29) is 0 Å². The second-order valence-corrected chi connectivity index (χ2v) is 9.01. The van der Waals surface area contributed by atoms with Crippen LogP contribution < -0.4 is 5.32 Å². The van der Waals surface area contributed by atoms with Crippen LogP contribution in [0.5, 0.6) is 0 Å². The smallest absolute Gasteiger partial charge is 0.0659 e. The fraction of sp³-hybridized carbons (Fsp3) is 0.467. The molecule has 0 radical (unpaired) electrons. The predicted octanol–water partition coefficient (Wildman–Crippen LogP) is 5.14. The Hall–Kier alpha value is 0.0900. The molecule has 1 unspecified atom stereocenters. The van der Waals surface area contributed by atoms with E-state index < -0.39 is 0 Å². The molecule has 0 saturated carbocycles. The monoisotopic (exact) mass is 403 g/mol. The van der Waals surface area contributed by atoms with Crippen LogP contribution in [0.2, 0.25) is 0 Å². The van der Waals surface area contributed by atoms with Gasteiger partial charge in [0.1, 0.15) is 0 Å². The van der Waals surface area contributed by atoms with Crippen molar-refractivity contribution in [3.63, 3.8) is 0 Å². The Labute approximate surface area is 136 Å². The summed E-state index contributed by atoms with van der Waals surface area (Å²) in [6.45, 7) is 3.27. The highest BCUT2D eigenvalue weighted by Gasteiger charge is 2.22. The Morgan fingerprint density at radius 2 is 2.37 bits per heavy atom. The summed E-state index contributed by atoms with van der Waals surface area (Å²) in [5.41, 5.74) is 3.07. The molecule has 3 rings (SSSR count). The number of rotatable bonds is 4. The lowest BCUT2D eigenvalue weighted by Crippen LogP contribution is -2.23. The standard InChI is InChI=1S/C15H18INS2/c1-2-10-6-7-18-14(10)9-17-12-4-3-5-13-11(12)8-15(16)19-13/h6-8,12,17H,2-5,9H2,1H3. The second-order valence-electron chi connectivity index (χ2n) is 4.98. The molecule has 1 aliphatic rings. The molecule has 2 aromatic rings. The van der Waals surface area contributed by atoms with Crippen molar-refractivity contribution < 1.29 is 0 Å². The molecule has 0 fully saturated rings. The lowest BCUT2D eigenvalue weighted by Gasteiger charge is -2.23. The SMILES string of the molecule is CCc1ccsc1CNC1CCCc2sc(I)cc21. The van der Waals surface area contributed by atoms with Crippen LogP contribution in [-0.4, -0.2) is 0 Å². The topological polar surface area (TPSA) is 12.0 Å². The molecule has 1 atom stereocenters. The predicted molar refractivity (Wildman–Crippen MR) is 93.3 cm³/mol. The molecule has 1 N–H and O–H groups in total. The highest BCUT2D eigenvalue weighted by molar-refractivity contribution is 14.1. The van der Waals surface area contributed by atoms with Gasteiger partial charge in [0.2, 0.25) is 0 Å². The average molecular weight is 403 g/mol. The summed E-state index contributed by atoms with van der Waals surface area (Å²) >= 11 is 6.32. The van der Waals surface area contributed by atoms with Gasteiger partial charge >= 0.3 is 0 Å². The molecule has 1 nitrogen and oxygen atoms in total. The van der Waals surface area contributed by atoms with Crippen molar-refractivity contribution in [2.45, 2.75) is 45.2 Å². The summed E-state index contributed by atoms with van der Waals surface area (Å²) in [6.07, 6.45) is 5.03. The van der Waals surface area contributed by atoms with Gasteiger partial charge in [-0.15, -0.1) is 22.7 Å². The minimum atomic E-state index is 0.565. The maximum atomic E-state index is 3.78. The van der Waals surface area contributed by atoms with Crippen LogP contribution in [0.25, 0.3) is 0 Å². The maximum absolute atomic E-state index is 3.78. The van der Waals surface area contributed by atoms with Gasteiger partial charge in [0, 0.05) is 22.3 Å². The summed E-state index contributed by atoms with van der Waals surface area (Å²) in [6, 6.07) is 5.21. The van der Waals surface area contributed by atoms with E-state index in [1.807, 2.05) is 22.7 Å². The van der Waals surface area contributed by atoms with Crippen LogP contribution in [0.4, 0.5) is 0 Å². The molecule has 102 valence electrons. The van der Waals surface area contributed by atoms with Gasteiger partial charge in [0.05, 0.1) is 2.88 Å². The second kappa shape index (κ2) is 6.24. The number of aryl methyl sites for hydroxylation is 2. The lowest BCUT2D eigenvalue weighted by molar-refractivity contribution is 0.464. The van der Waals surface area contributed by atoms with Crippen molar-refractivity contribution >= 4 is 45.3 Å². The number of fused-ring (bicyclic) bond motifs is 1. The Morgan fingerprint density at radius 1 is 1.47 bits per heavy atom. The molecule has 1 aliphatic carbocycles. The fourth-order valence-electron chi connectivity index (χ4n) is 2.79. The van der Waals surface area contributed by atoms with Crippen LogP contribution >= 0.6 is 45.3 Å². The van der Waals surface area contributed by atoms with E-state index in [2.05, 4.69) is 52.3 Å². The van der Waals surface area contributed by atoms with Gasteiger partial charge in [-0.25, -0.2) is 0 Å². The molecule has 0 aliphatic heterocycles. The van der Waals surface area contributed by atoms with Crippen molar-refractivity contribution in [2.24, 2.45) is 0 Å². The molecular formula is C15H18INS2. The molecule has 0 amide bonds. The molecule has 0 bridgehead atoms. The summed E-state index contributed by atoms with van der Waals surface area (Å²) in [4.78, 5) is 3.12. The van der Waals surface area contributed by atoms with Crippen LogP contribution in [0.3, 0.4) is 0 Å². The van der Waals surface area contributed by atoms with E-state index in [1.54, 1.807) is 10.4 Å².